The first-order valence-corrected chi connectivity index (χ1v) is 7.54. The lowest BCUT2D eigenvalue weighted by Gasteiger charge is -2.34. The number of pyridine rings is 1. The molecule has 0 saturated carbocycles. The quantitative estimate of drug-likeness (QED) is 0.794. The minimum atomic E-state index is -0.198. The highest BCUT2D eigenvalue weighted by molar-refractivity contribution is 8.00. The molecule has 2 atom stereocenters. The number of aliphatic hydroxyl groups excluding tert-OH is 1. The Balaban J connectivity index is 2.16. The summed E-state index contributed by atoms with van der Waals surface area (Å²) < 4.78 is 0. The first-order valence-electron chi connectivity index (χ1n) is 6.59. The molecule has 106 valence electrons. The number of rotatable bonds is 1. The summed E-state index contributed by atoms with van der Waals surface area (Å²) >= 11 is 1.91. The van der Waals surface area contributed by atoms with Gasteiger partial charge in [0.2, 0.25) is 0 Å². The summed E-state index contributed by atoms with van der Waals surface area (Å²) in [6.45, 7) is 5.61. The van der Waals surface area contributed by atoms with Crippen LogP contribution in [0, 0.1) is 11.8 Å². The predicted octanol–water partition coefficient (Wildman–Crippen LogP) is 1.39. The number of aliphatic hydroxyl groups is 1. The minimum absolute atomic E-state index is 0.00384. The molecule has 0 aliphatic carbocycles. The first kappa shape index (κ1) is 14.9. The van der Waals surface area contributed by atoms with Crippen LogP contribution in [0.25, 0.3) is 0 Å². The monoisotopic (exact) mass is 290 g/mol. The number of carbonyl (C=O) groups is 1. The molecule has 0 radical (unpaired) electrons. The van der Waals surface area contributed by atoms with Crippen molar-refractivity contribution < 1.29 is 9.90 Å². The lowest BCUT2D eigenvalue weighted by atomic mass is 10.1. The molecule has 1 aliphatic rings. The van der Waals surface area contributed by atoms with Crippen LogP contribution in [0.2, 0.25) is 0 Å². The molecular formula is C15H18N2O2S. The summed E-state index contributed by atoms with van der Waals surface area (Å²) in [7, 11) is 0. The maximum absolute atomic E-state index is 12.5. The van der Waals surface area contributed by atoms with E-state index in [9.17, 15) is 4.79 Å². The van der Waals surface area contributed by atoms with Gasteiger partial charge < -0.3 is 10.0 Å². The highest BCUT2D eigenvalue weighted by atomic mass is 32.2. The fraction of sp³-hybridized carbons (Fsp3) is 0.467. The van der Waals surface area contributed by atoms with E-state index < -0.39 is 0 Å². The van der Waals surface area contributed by atoms with Gasteiger partial charge in [-0.15, -0.1) is 0 Å². The van der Waals surface area contributed by atoms with Gasteiger partial charge in [-0.25, -0.2) is 0 Å². The molecule has 2 heterocycles. The molecule has 1 saturated heterocycles. The van der Waals surface area contributed by atoms with Gasteiger partial charge in [0.05, 0.1) is 5.56 Å². The summed E-state index contributed by atoms with van der Waals surface area (Å²) in [5, 5.41) is 9.60. The van der Waals surface area contributed by atoms with Crippen molar-refractivity contribution in [3.63, 3.8) is 0 Å². The van der Waals surface area contributed by atoms with Gasteiger partial charge in [-0.3, -0.25) is 9.78 Å². The zero-order valence-corrected chi connectivity index (χ0v) is 12.5. The van der Waals surface area contributed by atoms with Gasteiger partial charge in [0.1, 0.15) is 6.61 Å². The zero-order valence-electron chi connectivity index (χ0n) is 11.7. The standard InChI is InChI=1S/C15H18N2O2S/c1-11-9-17(10-12(2)20-11)15(19)14-6-13(4-3-5-18)7-16-8-14/h6-8,11-12,18H,5,9-10H2,1-2H3. The van der Waals surface area contributed by atoms with Crippen LogP contribution in [0.3, 0.4) is 0 Å². The van der Waals surface area contributed by atoms with Crippen LogP contribution in [0.1, 0.15) is 29.8 Å². The number of nitrogens with zero attached hydrogens (tertiary/aromatic N) is 2. The third-order valence-corrected chi connectivity index (χ3v) is 4.23. The van der Waals surface area contributed by atoms with Crippen LogP contribution in [0.4, 0.5) is 0 Å². The van der Waals surface area contributed by atoms with E-state index >= 15 is 0 Å². The van der Waals surface area contributed by atoms with E-state index in [1.54, 1.807) is 18.5 Å². The van der Waals surface area contributed by atoms with Crippen LogP contribution in [0.5, 0.6) is 0 Å². The SMILES string of the molecule is CC1CN(C(=O)c2cncc(C#CCO)c2)CC(C)S1. The van der Waals surface area contributed by atoms with Gasteiger partial charge in [0, 0.05) is 41.5 Å². The Bertz CT molecular complexity index is 540. The Morgan fingerprint density at radius 2 is 2.15 bits per heavy atom. The molecule has 0 bridgehead atoms. The van der Waals surface area contributed by atoms with Crippen molar-refractivity contribution in [2.45, 2.75) is 24.3 Å². The summed E-state index contributed by atoms with van der Waals surface area (Å²) in [6.07, 6.45) is 3.17. The predicted molar refractivity (Wildman–Crippen MR) is 80.6 cm³/mol. The maximum Gasteiger partial charge on any atom is 0.255 e. The molecule has 1 N–H and O–H groups in total. The number of amides is 1. The Morgan fingerprint density at radius 3 is 2.80 bits per heavy atom. The highest BCUT2D eigenvalue weighted by Gasteiger charge is 2.26. The summed E-state index contributed by atoms with van der Waals surface area (Å²) in [4.78, 5) is 18.4. The number of hydrogen-bond donors (Lipinski definition) is 1. The number of hydrogen-bond acceptors (Lipinski definition) is 4. The fourth-order valence-electron chi connectivity index (χ4n) is 2.29. The van der Waals surface area contributed by atoms with E-state index in [1.165, 1.54) is 0 Å². The third-order valence-electron chi connectivity index (χ3n) is 3.00. The van der Waals surface area contributed by atoms with E-state index in [0.29, 0.717) is 21.6 Å². The van der Waals surface area contributed by atoms with E-state index in [1.807, 2.05) is 16.7 Å². The molecule has 2 rings (SSSR count). The molecule has 0 spiro atoms. The van der Waals surface area contributed by atoms with E-state index in [2.05, 4.69) is 30.7 Å². The Morgan fingerprint density at radius 1 is 1.45 bits per heavy atom. The van der Waals surface area contributed by atoms with Crippen molar-refractivity contribution in [3.05, 3.63) is 29.6 Å². The average molecular weight is 290 g/mol. The molecule has 1 aromatic rings. The molecule has 2 unspecified atom stereocenters. The molecule has 4 nitrogen and oxygen atoms in total. The van der Waals surface area contributed by atoms with Gasteiger partial charge in [-0.2, -0.15) is 11.8 Å². The third kappa shape index (κ3) is 3.75. The molecule has 1 amide bonds. The fourth-order valence-corrected chi connectivity index (χ4v) is 3.62. The molecular weight excluding hydrogens is 272 g/mol. The van der Waals surface area contributed by atoms with Gasteiger partial charge in [-0.1, -0.05) is 25.7 Å². The van der Waals surface area contributed by atoms with Crippen LogP contribution < -0.4 is 0 Å². The van der Waals surface area contributed by atoms with Crippen LogP contribution >= 0.6 is 11.8 Å². The molecule has 0 aromatic carbocycles. The smallest absolute Gasteiger partial charge is 0.255 e. The number of thioether (sulfide) groups is 1. The summed E-state index contributed by atoms with van der Waals surface area (Å²) in [5.41, 5.74) is 1.21. The van der Waals surface area contributed by atoms with E-state index in [4.69, 9.17) is 5.11 Å². The average Bonchev–Trinajstić information content (AvgIpc) is 2.43. The molecule has 5 heteroatoms. The second-order valence-corrected chi connectivity index (χ2v) is 6.77. The Labute approximate surface area is 123 Å². The largest absolute Gasteiger partial charge is 0.384 e. The first-order chi connectivity index (χ1) is 9.60. The van der Waals surface area contributed by atoms with Gasteiger partial charge >= 0.3 is 0 Å². The number of carbonyl (C=O) groups excluding carboxylic acids is 1. The molecule has 20 heavy (non-hydrogen) atoms. The second kappa shape index (κ2) is 6.78. The highest BCUT2D eigenvalue weighted by Crippen LogP contribution is 2.25. The molecule has 1 aromatic heterocycles. The van der Waals surface area contributed by atoms with Crippen molar-refractivity contribution in [3.8, 4) is 11.8 Å². The van der Waals surface area contributed by atoms with Crippen LogP contribution in [-0.4, -0.2) is 51.1 Å². The Hall–Kier alpha value is -1.51. The van der Waals surface area contributed by atoms with Crippen molar-refractivity contribution in [2.24, 2.45) is 0 Å². The second-order valence-electron chi connectivity index (χ2n) is 4.89. The lowest BCUT2D eigenvalue weighted by Crippen LogP contribution is -2.44. The van der Waals surface area contributed by atoms with Gasteiger partial charge in [-0.05, 0) is 6.07 Å². The maximum atomic E-state index is 12.5. The number of aromatic nitrogens is 1. The van der Waals surface area contributed by atoms with Crippen molar-refractivity contribution in [1.29, 1.82) is 0 Å². The molecule has 1 fully saturated rings. The van der Waals surface area contributed by atoms with E-state index in [-0.39, 0.29) is 12.5 Å². The summed E-state index contributed by atoms with van der Waals surface area (Å²) in [6, 6.07) is 1.73. The minimum Gasteiger partial charge on any atom is -0.384 e. The lowest BCUT2D eigenvalue weighted by molar-refractivity contribution is 0.0753. The van der Waals surface area contributed by atoms with Crippen LogP contribution in [0.15, 0.2) is 18.5 Å². The van der Waals surface area contributed by atoms with Gasteiger partial charge in [0.25, 0.3) is 5.91 Å². The topological polar surface area (TPSA) is 53.4 Å². The van der Waals surface area contributed by atoms with E-state index in [0.717, 1.165) is 13.1 Å². The van der Waals surface area contributed by atoms with Crippen molar-refractivity contribution in [1.82, 2.24) is 9.88 Å². The van der Waals surface area contributed by atoms with Crippen LogP contribution in [-0.2, 0) is 0 Å². The molecule has 1 aliphatic heterocycles. The van der Waals surface area contributed by atoms with Crippen molar-refractivity contribution in [2.75, 3.05) is 19.7 Å². The zero-order chi connectivity index (χ0) is 14.5. The summed E-state index contributed by atoms with van der Waals surface area (Å²) in [5.74, 6) is 5.34. The van der Waals surface area contributed by atoms with Crippen molar-refractivity contribution >= 4 is 17.7 Å². The Kier molecular flexibility index (Phi) is 5.05. The normalized spacial score (nSPS) is 22.1. The van der Waals surface area contributed by atoms with Gasteiger partial charge in [0.15, 0.2) is 0 Å².